The normalized spacial score (nSPS) is 22.8. The first-order valence-corrected chi connectivity index (χ1v) is 15.3. The van der Waals surface area contributed by atoms with E-state index in [0.717, 1.165) is 51.5 Å². The van der Waals surface area contributed by atoms with Gasteiger partial charge in [-0.25, -0.2) is 24.0 Å². The lowest BCUT2D eigenvalue weighted by Crippen LogP contribution is -2.49. The summed E-state index contributed by atoms with van der Waals surface area (Å²) in [7, 11) is 3.32. The number of aromatic nitrogens is 3. The maximum absolute atomic E-state index is 15.4. The smallest absolute Gasteiger partial charge is 0.429 e. The van der Waals surface area contributed by atoms with E-state index in [1.54, 1.807) is 19.1 Å². The summed E-state index contributed by atoms with van der Waals surface area (Å²) >= 11 is 6.07. The zero-order valence-corrected chi connectivity index (χ0v) is 26.3. The van der Waals surface area contributed by atoms with Crippen molar-refractivity contribution in [3.05, 3.63) is 17.2 Å². The van der Waals surface area contributed by atoms with Crippen molar-refractivity contribution >= 4 is 40.5 Å². The Bertz CT molecular complexity index is 1360. The number of carbonyl (C=O) groups is 2. The number of halogens is 2. The quantitative estimate of drug-likeness (QED) is 0.407. The third-order valence-corrected chi connectivity index (χ3v) is 8.51. The highest BCUT2D eigenvalue weighted by molar-refractivity contribution is 6.30. The number of amides is 2. The van der Waals surface area contributed by atoms with Gasteiger partial charge < -0.3 is 19.1 Å². The molecule has 43 heavy (non-hydrogen) atoms. The molecule has 2 atom stereocenters. The van der Waals surface area contributed by atoms with E-state index >= 15 is 4.39 Å². The highest BCUT2D eigenvalue weighted by Crippen LogP contribution is 2.43. The van der Waals surface area contributed by atoms with Crippen LogP contribution in [0.2, 0.25) is 5.15 Å². The van der Waals surface area contributed by atoms with Gasteiger partial charge in [-0.2, -0.15) is 9.97 Å². The first-order chi connectivity index (χ1) is 20.4. The largest absolute Gasteiger partial charge is 0.461 e. The van der Waals surface area contributed by atoms with Gasteiger partial charge in [-0.05, 0) is 72.3 Å². The molecule has 14 heteroatoms. The highest BCUT2D eigenvalue weighted by Gasteiger charge is 2.50. The molecule has 5 heterocycles. The van der Waals surface area contributed by atoms with E-state index in [4.69, 9.17) is 30.8 Å². The van der Waals surface area contributed by atoms with E-state index < -0.39 is 17.5 Å². The Labute approximate surface area is 256 Å². The van der Waals surface area contributed by atoms with Crippen molar-refractivity contribution in [2.45, 2.75) is 82.9 Å². The molecule has 236 valence electrons. The summed E-state index contributed by atoms with van der Waals surface area (Å²) in [5, 5.41) is 3.24. The summed E-state index contributed by atoms with van der Waals surface area (Å²) in [5.74, 6) is -0.480. The summed E-state index contributed by atoms with van der Waals surface area (Å²) in [5.41, 5.74) is -1.00. The van der Waals surface area contributed by atoms with Gasteiger partial charge in [-0.15, -0.1) is 0 Å². The Kier molecular flexibility index (Phi) is 9.03. The fraction of sp³-hybridized carbons (Fsp3) is 0.690. The van der Waals surface area contributed by atoms with Crippen molar-refractivity contribution in [2.24, 2.45) is 0 Å². The maximum Gasteiger partial charge on any atom is 0.429 e. The van der Waals surface area contributed by atoms with E-state index in [9.17, 15) is 9.59 Å². The molecule has 3 aliphatic heterocycles. The van der Waals surface area contributed by atoms with E-state index in [0.29, 0.717) is 30.9 Å². The van der Waals surface area contributed by atoms with Gasteiger partial charge in [0.05, 0.1) is 10.9 Å². The van der Waals surface area contributed by atoms with Gasteiger partial charge in [-0.1, -0.05) is 11.6 Å². The second kappa shape index (κ2) is 12.4. The number of hydrazine groups is 1. The molecule has 5 rings (SSSR count). The molecule has 2 amide bonds. The third kappa shape index (κ3) is 6.67. The first-order valence-electron chi connectivity index (χ1n) is 14.9. The molecule has 0 N–H and O–H groups in total. The summed E-state index contributed by atoms with van der Waals surface area (Å²) in [6.07, 6.45) is 6.64. The van der Waals surface area contributed by atoms with Gasteiger partial charge in [0.15, 0.2) is 16.8 Å². The number of rotatable bonds is 6. The van der Waals surface area contributed by atoms with Crippen LogP contribution in [0.5, 0.6) is 6.01 Å². The molecule has 0 bridgehead atoms. The minimum atomic E-state index is -0.782. The van der Waals surface area contributed by atoms with Gasteiger partial charge in [0.25, 0.3) is 0 Å². The number of ether oxygens (including phenoxy) is 3. The van der Waals surface area contributed by atoms with Gasteiger partial charge in [0, 0.05) is 39.4 Å². The van der Waals surface area contributed by atoms with Crippen LogP contribution in [0.25, 0.3) is 10.9 Å². The maximum atomic E-state index is 15.4. The van der Waals surface area contributed by atoms with Gasteiger partial charge in [-0.3, -0.25) is 9.91 Å². The number of anilines is 1. The summed E-state index contributed by atoms with van der Waals surface area (Å²) in [6.45, 7) is 7.77. The molecule has 3 fully saturated rings. The van der Waals surface area contributed by atoms with Crippen molar-refractivity contribution in [3.63, 3.8) is 0 Å². The Hall–Kier alpha value is -3.19. The Morgan fingerprint density at radius 1 is 1.12 bits per heavy atom. The fourth-order valence-corrected chi connectivity index (χ4v) is 6.35. The molecule has 0 radical (unpaired) electrons. The van der Waals surface area contributed by atoms with Gasteiger partial charge in [0.1, 0.15) is 24.3 Å². The minimum absolute atomic E-state index is 0.0132. The Morgan fingerprint density at radius 3 is 2.63 bits per heavy atom. The number of hydrogen-bond donors (Lipinski definition) is 0. The van der Waals surface area contributed by atoms with E-state index in [2.05, 4.69) is 14.9 Å². The minimum Gasteiger partial charge on any atom is -0.461 e. The second-order valence-electron chi connectivity index (χ2n) is 12.7. The number of nitrogens with zero attached hydrogens (tertiary/aromatic N) is 7. The molecule has 2 unspecified atom stereocenters. The molecule has 0 saturated carbocycles. The Morgan fingerprint density at radius 2 is 1.88 bits per heavy atom. The average molecular weight is 622 g/mol. The molecule has 0 aromatic carbocycles. The SMILES string of the molecule is CN(C)C(=O)OCC1CCC2(COc3nc(N4CCCCCN4C(=O)OC(C)(C)C)c4cnc(Cl)c(F)c4n3)CCCN12. The lowest BCUT2D eigenvalue weighted by Gasteiger charge is -2.36. The summed E-state index contributed by atoms with van der Waals surface area (Å²) < 4.78 is 32.9. The number of carbonyl (C=O) groups excluding carboxylic acids is 2. The number of pyridine rings is 1. The highest BCUT2D eigenvalue weighted by atomic mass is 35.5. The summed E-state index contributed by atoms with van der Waals surface area (Å²) in [4.78, 5) is 42.3. The molecule has 0 aliphatic carbocycles. The van der Waals surface area contributed by atoms with Gasteiger partial charge >= 0.3 is 18.2 Å². The van der Waals surface area contributed by atoms with Crippen LogP contribution < -0.4 is 9.75 Å². The number of fused-ring (bicyclic) bond motifs is 2. The van der Waals surface area contributed by atoms with Crippen LogP contribution in [0.1, 0.15) is 65.7 Å². The molecule has 3 saturated heterocycles. The molecule has 12 nitrogen and oxygen atoms in total. The standard InChI is InChI=1S/C29H41ClFN7O5/c1-28(2,3)43-27(40)38-15-8-6-7-14-37(38)24-20-16-32-23(30)21(31)22(20)33-25(34-24)42-18-29-11-9-13-36(29)19(10-12-29)17-41-26(39)35(4)5/h16,19H,6-15,17-18H2,1-5H3. The summed E-state index contributed by atoms with van der Waals surface area (Å²) in [6, 6.07) is 0.0747. The predicted octanol–water partition coefficient (Wildman–Crippen LogP) is 5.03. The zero-order valence-electron chi connectivity index (χ0n) is 25.6. The molecule has 2 aromatic heterocycles. The topological polar surface area (TPSA) is 113 Å². The van der Waals surface area contributed by atoms with Gasteiger partial charge in [0.2, 0.25) is 0 Å². The van der Waals surface area contributed by atoms with Crippen LogP contribution in [-0.4, -0.2) is 106 Å². The molecular weight excluding hydrogens is 581 g/mol. The van der Waals surface area contributed by atoms with E-state index in [-0.39, 0.29) is 41.0 Å². The third-order valence-electron chi connectivity index (χ3n) is 8.25. The van der Waals surface area contributed by atoms with Crippen LogP contribution >= 0.6 is 11.6 Å². The lowest BCUT2D eigenvalue weighted by atomic mass is 9.95. The predicted molar refractivity (Wildman–Crippen MR) is 159 cm³/mol. The Balaban J connectivity index is 1.44. The zero-order chi connectivity index (χ0) is 30.9. The van der Waals surface area contributed by atoms with E-state index in [1.807, 2.05) is 20.8 Å². The van der Waals surface area contributed by atoms with Crippen molar-refractivity contribution in [1.82, 2.24) is 29.8 Å². The van der Waals surface area contributed by atoms with Crippen molar-refractivity contribution in [1.29, 1.82) is 0 Å². The molecule has 0 spiro atoms. The lowest BCUT2D eigenvalue weighted by molar-refractivity contribution is 0.0231. The van der Waals surface area contributed by atoms with E-state index in [1.165, 1.54) is 16.1 Å². The monoisotopic (exact) mass is 621 g/mol. The molecule has 3 aliphatic rings. The average Bonchev–Trinajstić information content (AvgIpc) is 3.40. The second-order valence-corrected chi connectivity index (χ2v) is 13.1. The molecule has 2 aromatic rings. The van der Waals surface area contributed by atoms with Crippen LogP contribution in [0.4, 0.5) is 19.8 Å². The van der Waals surface area contributed by atoms with Crippen LogP contribution in [0.15, 0.2) is 6.20 Å². The van der Waals surface area contributed by atoms with Crippen LogP contribution in [0.3, 0.4) is 0 Å². The van der Waals surface area contributed by atoms with Crippen molar-refractivity contribution in [2.75, 3.05) is 52.0 Å². The van der Waals surface area contributed by atoms with Crippen LogP contribution in [-0.2, 0) is 9.47 Å². The van der Waals surface area contributed by atoms with Crippen molar-refractivity contribution in [3.8, 4) is 6.01 Å². The fourth-order valence-electron chi connectivity index (χ4n) is 6.21. The number of hydrogen-bond acceptors (Lipinski definition) is 10. The first kappa shape index (κ1) is 31.2. The van der Waals surface area contributed by atoms with Crippen molar-refractivity contribution < 1.29 is 28.2 Å². The van der Waals surface area contributed by atoms with Crippen LogP contribution in [0, 0.1) is 5.82 Å². The molecular formula is C29H41ClFN7O5.